The van der Waals surface area contributed by atoms with E-state index in [0.29, 0.717) is 13.0 Å². The van der Waals surface area contributed by atoms with Crippen LogP contribution in [0, 0.1) is 0 Å². The Morgan fingerprint density at radius 1 is 1.50 bits per heavy atom. The molecule has 1 amide bonds. The summed E-state index contributed by atoms with van der Waals surface area (Å²) in [4.78, 5) is 12.3. The Balaban J connectivity index is 2.41. The smallest absolute Gasteiger partial charge is 0.407 e. The third-order valence-electron chi connectivity index (χ3n) is 2.62. The molecule has 0 aromatic heterocycles. The molecule has 6 nitrogen and oxygen atoms in total. The topological polar surface area (TPSA) is 83.9 Å². The lowest BCUT2D eigenvalue weighted by Crippen LogP contribution is -2.43. The molecule has 94 valence electrons. The van der Waals surface area contributed by atoms with E-state index in [0.717, 1.165) is 25.5 Å². The fourth-order valence-electron chi connectivity index (χ4n) is 1.89. The van der Waals surface area contributed by atoms with Gasteiger partial charge in [-0.1, -0.05) is 0 Å². The second-order valence-electron chi connectivity index (χ2n) is 3.94. The summed E-state index contributed by atoms with van der Waals surface area (Å²) < 4.78 is 26.1. The molecule has 1 aliphatic rings. The van der Waals surface area contributed by atoms with Crippen molar-refractivity contribution in [2.24, 2.45) is 0 Å². The van der Waals surface area contributed by atoms with Crippen LogP contribution >= 0.6 is 0 Å². The highest BCUT2D eigenvalue weighted by molar-refractivity contribution is 7.85. The molecule has 1 saturated heterocycles. The van der Waals surface area contributed by atoms with Crippen LogP contribution in [-0.4, -0.2) is 50.0 Å². The molecule has 0 aromatic carbocycles. The Morgan fingerprint density at radius 2 is 2.19 bits per heavy atom. The molecule has 0 aromatic rings. The molecule has 0 aliphatic carbocycles. The first-order valence-corrected chi connectivity index (χ1v) is 7.06. The molecule has 1 atom stereocenters. The number of carbonyl (C=O) groups is 1. The van der Waals surface area contributed by atoms with Crippen molar-refractivity contribution in [2.75, 3.05) is 19.4 Å². The summed E-state index contributed by atoms with van der Waals surface area (Å²) in [5, 5.41) is 8.93. The molecular weight excluding hydrogens is 234 g/mol. The minimum atomic E-state index is -3.43. The summed E-state index contributed by atoms with van der Waals surface area (Å²) in [7, 11) is -3.43. The SMILES string of the molecule is CS(=O)(=O)OCCC1CCCCN1C(=O)O. The molecule has 0 saturated carbocycles. The number of carboxylic acid groups (broad SMARTS) is 1. The van der Waals surface area contributed by atoms with Gasteiger partial charge in [-0.3, -0.25) is 4.18 Å². The minimum Gasteiger partial charge on any atom is -0.465 e. The van der Waals surface area contributed by atoms with E-state index in [4.69, 9.17) is 5.11 Å². The zero-order valence-corrected chi connectivity index (χ0v) is 10.1. The fourth-order valence-corrected chi connectivity index (χ4v) is 2.29. The van der Waals surface area contributed by atoms with Crippen LogP contribution in [0.3, 0.4) is 0 Å². The Labute approximate surface area is 95.3 Å². The molecule has 7 heteroatoms. The number of piperidine rings is 1. The number of amides is 1. The van der Waals surface area contributed by atoms with E-state index in [2.05, 4.69) is 4.18 Å². The Hall–Kier alpha value is -0.820. The maximum Gasteiger partial charge on any atom is 0.407 e. The van der Waals surface area contributed by atoms with Crippen molar-refractivity contribution in [3.05, 3.63) is 0 Å². The highest BCUT2D eigenvalue weighted by Crippen LogP contribution is 2.19. The molecule has 1 unspecified atom stereocenters. The first-order valence-electron chi connectivity index (χ1n) is 5.24. The fraction of sp³-hybridized carbons (Fsp3) is 0.889. The summed E-state index contributed by atoms with van der Waals surface area (Å²) in [6.07, 6.45) is 3.11. The molecule has 0 bridgehead atoms. The summed E-state index contributed by atoms with van der Waals surface area (Å²) in [5.41, 5.74) is 0. The van der Waals surface area contributed by atoms with Crippen molar-refractivity contribution in [3.8, 4) is 0 Å². The van der Waals surface area contributed by atoms with Crippen LogP contribution in [0.15, 0.2) is 0 Å². The maximum absolute atomic E-state index is 10.9. The van der Waals surface area contributed by atoms with Crippen LogP contribution in [0.25, 0.3) is 0 Å². The molecule has 16 heavy (non-hydrogen) atoms. The second kappa shape index (κ2) is 5.49. The normalized spacial score (nSPS) is 22.1. The van der Waals surface area contributed by atoms with Crippen LogP contribution in [0.4, 0.5) is 4.79 Å². The summed E-state index contributed by atoms with van der Waals surface area (Å²) in [6.45, 7) is 0.576. The van der Waals surface area contributed by atoms with Crippen LogP contribution in [0.1, 0.15) is 25.7 Å². The van der Waals surface area contributed by atoms with Gasteiger partial charge in [0.25, 0.3) is 10.1 Å². The highest BCUT2D eigenvalue weighted by Gasteiger charge is 2.26. The van der Waals surface area contributed by atoms with Gasteiger partial charge in [-0.15, -0.1) is 0 Å². The molecule has 0 spiro atoms. The maximum atomic E-state index is 10.9. The first-order chi connectivity index (χ1) is 7.40. The van der Waals surface area contributed by atoms with Gasteiger partial charge < -0.3 is 10.0 Å². The van der Waals surface area contributed by atoms with Crippen LogP contribution in [0.2, 0.25) is 0 Å². The van der Waals surface area contributed by atoms with E-state index in [1.54, 1.807) is 0 Å². The Kier molecular flexibility index (Phi) is 4.55. The molecule has 1 rings (SSSR count). The predicted octanol–water partition coefficient (Wildman–Crippen LogP) is 0.885. The van der Waals surface area contributed by atoms with Gasteiger partial charge in [-0.25, -0.2) is 4.79 Å². The van der Waals surface area contributed by atoms with Crippen LogP contribution in [-0.2, 0) is 14.3 Å². The van der Waals surface area contributed by atoms with Gasteiger partial charge in [0.1, 0.15) is 0 Å². The number of rotatable bonds is 4. The van der Waals surface area contributed by atoms with E-state index in [1.165, 1.54) is 4.90 Å². The quantitative estimate of drug-likeness (QED) is 0.750. The summed E-state index contributed by atoms with van der Waals surface area (Å²) in [5.74, 6) is 0. The van der Waals surface area contributed by atoms with Gasteiger partial charge >= 0.3 is 6.09 Å². The van der Waals surface area contributed by atoms with E-state index in [1.807, 2.05) is 0 Å². The van der Waals surface area contributed by atoms with Crippen molar-refractivity contribution in [2.45, 2.75) is 31.7 Å². The third-order valence-corrected chi connectivity index (χ3v) is 3.22. The Bertz CT molecular complexity index is 340. The predicted molar refractivity (Wildman–Crippen MR) is 57.8 cm³/mol. The average molecular weight is 251 g/mol. The molecule has 1 heterocycles. The van der Waals surface area contributed by atoms with Crippen LogP contribution in [0.5, 0.6) is 0 Å². The monoisotopic (exact) mass is 251 g/mol. The van der Waals surface area contributed by atoms with Gasteiger partial charge in [0.2, 0.25) is 0 Å². The number of likely N-dealkylation sites (tertiary alicyclic amines) is 1. The van der Waals surface area contributed by atoms with Gasteiger partial charge in [0, 0.05) is 12.6 Å². The molecular formula is C9H17NO5S. The molecule has 0 radical (unpaired) electrons. The lowest BCUT2D eigenvalue weighted by molar-refractivity contribution is 0.0974. The van der Waals surface area contributed by atoms with Crippen molar-refractivity contribution in [1.29, 1.82) is 0 Å². The van der Waals surface area contributed by atoms with Crippen molar-refractivity contribution in [3.63, 3.8) is 0 Å². The molecule has 1 N–H and O–H groups in total. The number of hydrogen-bond acceptors (Lipinski definition) is 4. The lowest BCUT2D eigenvalue weighted by atomic mass is 10.0. The van der Waals surface area contributed by atoms with Gasteiger partial charge in [-0.2, -0.15) is 8.42 Å². The van der Waals surface area contributed by atoms with E-state index in [9.17, 15) is 13.2 Å². The van der Waals surface area contributed by atoms with E-state index < -0.39 is 16.2 Å². The van der Waals surface area contributed by atoms with Crippen LogP contribution < -0.4 is 0 Å². The molecule has 1 fully saturated rings. The van der Waals surface area contributed by atoms with E-state index >= 15 is 0 Å². The average Bonchev–Trinajstić information content (AvgIpc) is 2.16. The largest absolute Gasteiger partial charge is 0.465 e. The lowest BCUT2D eigenvalue weighted by Gasteiger charge is -2.33. The van der Waals surface area contributed by atoms with Crippen molar-refractivity contribution >= 4 is 16.2 Å². The van der Waals surface area contributed by atoms with Gasteiger partial charge in [0.15, 0.2) is 0 Å². The minimum absolute atomic E-state index is 0.0489. The highest BCUT2D eigenvalue weighted by atomic mass is 32.2. The van der Waals surface area contributed by atoms with E-state index in [-0.39, 0.29) is 12.6 Å². The summed E-state index contributed by atoms with van der Waals surface area (Å²) >= 11 is 0. The zero-order chi connectivity index (χ0) is 12.2. The van der Waals surface area contributed by atoms with Crippen molar-refractivity contribution in [1.82, 2.24) is 4.90 Å². The van der Waals surface area contributed by atoms with Gasteiger partial charge in [0.05, 0.1) is 12.9 Å². The summed E-state index contributed by atoms with van der Waals surface area (Å²) in [6, 6.07) is -0.118. The molecule has 1 aliphatic heterocycles. The third kappa shape index (κ3) is 4.36. The van der Waals surface area contributed by atoms with Crippen molar-refractivity contribution < 1.29 is 22.5 Å². The first kappa shape index (κ1) is 13.2. The number of nitrogens with zero attached hydrogens (tertiary/aromatic N) is 1. The van der Waals surface area contributed by atoms with Gasteiger partial charge in [-0.05, 0) is 25.7 Å². The zero-order valence-electron chi connectivity index (χ0n) is 9.26. The number of hydrogen-bond donors (Lipinski definition) is 1. The second-order valence-corrected chi connectivity index (χ2v) is 5.58. The standard InChI is InChI=1S/C9H17NO5S/c1-16(13,14)15-7-5-8-4-2-3-6-10(8)9(11)12/h8H,2-7H2,1H3,(H,11,12). The Morgan fingerprint density at radius 3 is 2.75 bits per heavy atom.